The van der Waals surface area contributed by atoms with Gasteiger partial charge in [0.1, 0.15) is 0 Å². The normalized spacial score (nSPS) is 36.6. The predicted molar refractivity (Wildman–Crippen MR) is 44.4 cm³/mol. The lowest BCUT2D eigenvalue weighted by molar-refractivity contribution is -0.124. The first-order valence-electron chi connectivity index (χ1n) is 3.97. The Bertz CT molecular complexity index is 163. The molecule has 1 aliphatic rings. The van der Waals surface area contributed by atoms with E-state index in [1.807, 2.05) is 13.8 Å². The predicted octanol–water partition coefficient (Wildman–Crippen LogP) is 1.49. The van der Waals surface area contributed by atoms with Crippen LogP contribution in [0.1, 0.15) is 26.7 Å². The fourth-order valence-corrected chi connectivity index (χ4v) is 1.55. The van der Waals surface area contributed by atoms with E-state index >= 15 is 0 Å². The largest absolute Gasteiger partial charge is 0.386 e. The summed E-state index contributed by atoms with van der Waals surface area (Å²) in [5.41, 5.74) is -0.914. The van der Waals surface area contributed by atoms with Crippen LogP contribution in [0.2, 0.25) is 0 Å². The molecule has 1 N–H and O–H groups in total. The van der Waals surface area contributed by atoms with Crippen LogP contribution in [-0.2, 0) is 4.74 Å². The van der Waals surface area contributed by atoms with Crippen LogP contribution < -0.4 is 0 Å². The van der Waals surface area contributed by atoms with Crippen LogP contribution >= 0.6 is 0 Å². The third-order valence-electron chi connectivity index (χ3n) is 2.14. The summed E-state index contributed by atoms with van der Waals surface area (Å²) in [6.07, 6.45) is 2.93. The molecular weight excluding hydrogens is 140 g/mol. The van der Waals surface area contributed by atoms with Crippen molar-refractivity contribution < 1.29 is 9.84 Å². The van der Waals surface area contributed by atoms with Gasteiger partial charge in [0.2, 0.25) is 0 Å². The van der Waals surface area contributed by atoms with Crippen LogP contribution in [-0.4, -0.2) is 22.9 Å². The first-order chi connectivity index (χ1) is 4.97. The molecule has 64 valence electrons. The molecule has 1 fully saturated rings. The minimum atomic E-state index is -0.707. The van der Waals surface area contributed by atoms with Gasteiger partial charge in [0.15, 0.2) is 0 Å². The lowest BCUT2D eigenvalue weighted by Crippen LogP contribution is -2.44. The zero-order chi connectivity index (χ0) is 8.54. The Balaban J connectivity index is 2.66. The maximum Gasteiger partial charge on any atom is 0.0874 e. The summed E-state index contributed by atoms with van der Waals surface area (Å²) in [4.78, 5) is 0. The van der Waals surface area contributed by atoms with Gasteiger partial charge >= 0.3 is 0 Å². The van der Waals surface area contributed by atoms with Gasteiger partial charge in [-0.1, -0.05) is 6.08 Å². The molecule has 0 aromatic carbocycles. The summed E-state index contributed by atoms with van der Waals surface area (Å²) in [6, 6.07) is 0. The molecule has 2 nitrogen and oxygen atoms in total. The third kappa shape index (κ3) is 2.04. The van der Waals surface area contributed by atoms with E-state index in [-0.39, 0.29) is 5.60 Å². The van der Waals surface area contributed by atoms with Gasteiger partial charge in [0, 0.05) is 12.8 Å². The van der Waals surface area contributed by atoms with Crippen molar-refractivity contribution in [1.29, 1.82) is 0 Å². The van der Waals surface area contributed by atoms with Crippen molar-refractivity contribution in [3.05, 3.63) is 12.7 Å². The summed E-state index contributed by atoms with van der Waals surface area (Å²) in [5.74, 6) is 0. The second kappa shape index (κ2) is 2.61. The Morgan fingerprint density at radius 3 is 2.55 bits per heavy atom. The Morgan fingerprint density at radius 2 is 2.18 bits per heavy atom. The molecule has 0 amide bonds. The summed E-state index contributed by atoms with van der Waals surface area (Å²) in [6.45, 7) is 8.21. The highest BCUT2D eigenvalue weighted by Gasteiger charge is 2.36. The van der Waals surface area contributed by atoms with E-state index in [2.05, 4.69) is 6.58 Å². The minimum absolute atomic E-state index is 0.207. The topological polar surface area (TPSA) is 29.5 Å². The van der Waals surface area contributed by atoms with Crippen molar-refractivity contribution in [2.75, 3.05) is 6.61 Å². The molecule has 1 unspecified atom stereocenters. The van der Waals surface area contributed by atoms with Crippen LogP contribution in [0.5, 0.6) is 0 Å². The highest BCUT2D eigenvalue weighted by atomic mass is 16.5. The van der Waals surface area contributed by atoms with Gasteiger partial charge in [-0.25, -0.2) is 0 Å². The number of rotatable bonds is 1. The molecule has 1 heterocycles. The van der Waals surface area contributed by atoms with E-state index in [4.69, 9.17) is 4.74 Å². The molecular formula is C9H16O2. The molecule has 2 heteroatoms. The van der Waals surface area contributed by atoms with Gasteiger partial charge in [0.05, 0.1) is 17.8 Å². The van der Waals surface area contributed by atoms with Crippen molar-refractivity contribution in [1.82, 2.24) is 0 Å². The molecule has 0 bridgehead atoms. The fraction of sp³-hybridized carbons (Fsp3) is 0.778. The van der Waals surface area contributed by atoms with Crippen molar-refractivity contribution in [3.63, 3.8) is 0 Å². The van der Waals surface area contributed by atoms with E-state index in [1.165, 1.54) is 0 Å². The van der Waals surface area contributed by atoms with E-state index < -0.39 is 5.60 Å². The zero-order valence-corrected chi connectivity index (χ0v) is 7.26. The minimum Gasteiger partial charge on any atom is -0.386 e. The van der Waals surface area contributed by atoms with Gasteiger partial charge in [0.25, 0.3) is 0 Å². The number of ether oxygens (including phenoxy) is 1. The summed E-state index contributed by atoms with van der Waals surface area (Å²) >= 11 is 0. The van der Waals surface area contributed by atoms with E-state index in [0.29, 0.717) is 19.4 Å². The molecule has 0 saturated carbocycles. The maximum absolute atomic E-state index is 9.82. The number of hydrogen-bond acceptors (Lipinski definition) is 2. The molecule has 0 aliphatic carbocycles. The van der Waals surface area contributed by atoms with Crippen LogP contribution in [0.15, 0.2) is 12.7 Å². The molecule has 0 radical (unpaired) electrons. The van der Waals surface area contributed by atoms with E-state index in [0.717, 1.165) is 0 Å². The van der Waals surface area contributed by atoms with E-state index in [9.17, 15) is 5.11 Å². The second-order valence-electron chi connectivity index (χ2n) is 3.84. The highest BCUT2D eigenvalue weighted by Crippen LogP contribution is 2.32. The molecule has 11 heavy (non-hydrogen) atoms. The second-order valence-corrected chi connectivity index (χ2v) is 3.84. The fourth-order valence-electron chi connectivity index (χ4n) is 1.55. The molecule has 0 aromatic heterocycles. The van der Waals surface area contributed by atoms with Gasteiger partial charge in [-0.15, -0.1) is 6.58 Å². The van der Waals surface area contributed by atoms with Crippen molar-refractivity contribution >= 4 is 0 Å². The average molecular weight is 156 g/mol. The smallest absolute Gasteiger partial charge is 0.0874 e. The summed E-state index contributed by atoms with van der Waals surface area (Å²) in [7, 11) is 0. The molecule has 0 spiro atoms. The Morgan fingerprint density at radius 1 is 1.55 bits per heavy atom. The van der Waals surface area contributed by atoms with Crippen molar-refractivity contribution in [3.8, 4) is 0 Å². The third-order valence-corrected chi connectivity index (χ3v) is 2.14. The Labute approximate surface area is 67.9 Å². The monoisotopic (exact) mass is 156 g/mol. The molecule has 1 atom stereocenters. The lowest BCUT2D eigenvalue weighted by Gasteiger charge is -2.39. The summed E-state index contributed by atoms with van der Waals surface area (Å²) < 4.78 is 5.45. The SMILES string of the molecule is C=CC1(O)CCOC(C)(C)C1. The van der Waals surface area contributed by atoms with Gasteiger partial charge in [-0.05, 0) is 13.8 Å². The molecule has 1 rings (SSSR count). The lowest BCUT2D eigenvalue weighted by atomic mass is 9.84. The van der Waals surface area contributed by atoms with Crippen LogP contribution in [0.3, 0.4) is 0 Å². The van der Waals surface area contributed by atoms with Crippen molar-refractivity contribution in [2.45, 2.75) is 37.9 Å². The average Bonchev–Trinajstić information content (AvgIpc) is 1.85. The maximum atomic E-state index is 9.82. The standard InChI is InChI=1S/C9H16O2/c1-4-9(10)5-6-11-8(2,3)7-9/h4,10H,1,5-7H2,2-3H3. The molecule has 1 saturated heterocycles. The van der Waals surface area contributed by atoms with Crippen LogP contribution in [0.25, 0.3) is 0 Å². The number of hydrogen-bond donors (Lipinski definition) is 1. The van der Waals surface area contributed by atoms with Gasteiger partial charge in [-0.2, -0.15) is 0 Å². The Hall–Kier alpha value is -0.340. The Kier molecular flexibility index (Phi) is 2.08. The quantitative estimate of drug-likeness (QED) is 0.583. The number of aliphatic hydroxyl groups is 1. The van der Waals surface area contributed by atoms with E-state index in [1.54, 1.807) is 6.08 Å². The van der Waals surface area contributed by atoms with Gasteiger partial charge in [-0.3, -0.25) is 0 Å². The highest BCUT2D eigenvalue weighted by molar-refractivity contribution is 5.01. The molecule has 0 aromatic rings. The van der Waals surface area contributed by atoms with Crippen molar-refractivity contribution in [2.24, 2.45) is 0 Å². The van der Waals surface area contributed by atoms with Crippen LogP contribution in [0.4, 0.5) is 0 Å². The zero-order valence-electron chi connectivity index (χ0n) is 7.26. The van der Waals surface area contributed by atoms with Gasteiger partial charge < -0.3 is 9.84 Å². The summed E-state index contributed by atoms with van der Waals surface area (Å²) in [5, 5.41) is 9.82. The first kappa shape index (κ1) is 8.75. The first-order valence-corrected chi connectivity index (χ1v) is 3.97. The molecule has 1 aliphatic heterocycles. The van der Waals surface area contributed by atoms with Crippen LogP contribution in [0, 0.1) is 0 Å².